The lowest BCUT2D eigenvalue weighted by Gasteiger charge is -2.19. The van der Waals surface area contributed by atoms with Crippen molar-refractivity contribution in [3.05, 3.63) is 31.8 Å². The standard InChI is InChI=1S/C22H22Br2N2O2S3/c1-3-5-11-27-21-17(13-7-9-15(23)29-13)19-20(26-31-25-19)18(14-8-10-16(24)30-14)22(21)28-12-6-4-2/h7-10H,3-6,11-12H2,1-2H3. The fourth-order valence-corrected chi connectivity index (χ4v) is 6.64. The smallest absolute Gasteiger partial charge is 0.172 e. The van der Waals surface area contributed by atoms with E-state index in [4.69, 9.17) is 18.2 Å². The summed E-state index contributed by atoms with van der Waals surface area (Å²) >= 11 is 11.8. The zero-order valence-corrected chi connectivity index (χ0v) is 22.9. The molecule has 0 saturated carbocycles. The summed E-state index contributed by atoms with van der Waals surface area (Å²) in [6.45, 7) is 5.61. The first-order chi connectivity index (χ1) is 15.1. The lowest BCUT2D eigenvalue weighted by molar-refractivity contribution is 0.264. The second-order valence-electron chi connectivity index (χ2n) is 6.98. The molecule has 3 heterocycles. The predicted octanol–water partition coefficient (Wildman–Crippen LogP) is 9.03. The topological polar surface area (TPSA) is 44.2 Å². The molecule has 4 aromatic rings. The minimum absolute atomic E-state index is 0.636. The Morgan fingerprint density at radius 2 is 1.19 bits per heavy atom. The summed E-state index contributed by atoms with van der Waals surface area (Å²) in [4.78, 5) is 2.19. The second kappa shape index (κ2) is 10.7. The first-order valence-electron chi connectivity index (χ1n) is 10.2. The number of halogens is 2. The van der Waals surface area contributed by atoms with Crippen LogP contribution >= 0.6 is 66.3 Å². The normalized spacial score (nSPS) is 11.4. The van der Waals surface area contributed by atoms with Gasteiger partial charge < -0.3 is 9.47 Å². The van der Waals surface area contributed by atoms with Crippen molar-refractivity contribution < 1.29 is 9.47 Å². The number of thiophene rings is 2. The molecule has 0 spiro atoms. The summed E-state index contributed by atoms with van der Waals surface area (Å²) in [5.41, 5.74) is 3.68. The van der Waals surface area contributed by atoms with Crippen LogP contribution in [0.3, 0.4) is 0 Å². The van der Waals surface area contributed by atoms with E-state index in [1.165, 1.54) is 11.7 Å². The van der Waals surface area contributed by atoms with Crippen LogP contribution in [0.4, 0.5) is 0 Å². The van der Waals surface area contributed by atoms with E-state index >= 15 is 0 Å². The number of benzene rings is 1. The van der Waals surface area contributed by atoms with Gasteiger partial charge in [0.25, 0.3) is 0 Å². The molecule has 0 bridgehead atoms. The van der Waals surface area contributed by atoms with Crippen LogP contribution in [0.2, 0.25) is 0 Å². The van der Waals surface area contributed by atoms with Gasteiger partial charge in [-0.15, -0.1) is 22.7 Å². The predicted molar refractivity (Wildman–Crippen MR) is 140 cm³/mol. The summed E-state index contributed by atoms with van der Waals surface area (Å²) in [6.07, 6.45) is 4.10. The molecule has 4 rings (SSSR count). The molecule has 0 N–H and O–H groups in total. The summed E-state index contributed by atoms with van der Waals surface area (Å²) in [6, 6.07) is 8.33. The van der Waals surface area contributed by atoms with Gasteiger partial charge in [0.05, 0.1) is 43.6 Å². The molecule has 0 unspecified atom stereocenters. The maximum absolute atomic E-state index is 6.45. The van der Waals surface area contributed by atoms with Crippen LogP contribution in [0.5, 0.6) is 11.5 Å². The van der Waals surface area contributed by atoms with Gasteiger partial charge in [0.2, 0.25) is 0 Å². The Balaban J connectivity index is 2.00. The molecule has 1 aromatic carbocycles. The maximum Gasteiger partial charge on any atom is 0.172 e. The summed E-state index contributed by atoms with van der Waals surface area (Å²) in [5, 5.41) is 0. The molecule has 9 heteroatoms. The van der Waals surface area contributed by atoms with Gasteiger partial charge in [0.15, 0.2) is 11.5 Å². The second-order valence-corrected chi connectivity index (χ2v) is 12.4. The Morgan fingerprint density at radius 3 is 1.55 bits per heavy atom. The third-order valence-corrected chi connectivity index (χ3v) is 8.56. The van der Waals surface area contributed by atoms with Gasteiger partial charge in [-0.1, -0.05) is 26.7 Å². The van der Waals surface area contributed by atoms with Crippen molar-refractivity contribution in [3.63, 3.8) is 0 Å². The molecule has 4 nitrogen and oxygen atoms in total. The van der Waals surface area contributed by atoms with Gasteiger partial charge in [-0.05, 0) is 69.0 Å². The molecule has 0 aliphatic heterocycles. The maximum atomic E-state index is 6.45. The fourth-order valence-electron chi connectivity index (χ4n) is 3.23. The van der Waals surface area contributed by atoms with Crippen LogP contribution in [0.25, 0.3) is 31.9 Å². The number of unbranched alkanes of at least 4 members (excludes halogenated alkanes) is 2. The van der Waals surface area contributed by atoms with Gasteiger partial charge >= 0.3 is 0 Å². The van der Waals surface area contributed by atoms with E-state index in [0.29, 0.717) is 13.2 Å². The van der Waals surface area contributed by atoms with Crippen LogP contribution in [0.1, 0.15) is 39.5 Å². The highest BCUT2D eigenvalue weighted by Crippen LogP contribution is 2.53. The summed E-state index contributed by atoms with van der Waals surface area (Å²) in [5.74, 6) is 1.55. The molecular formula is C22H22Br2N2O2S3. The average molecular weight is 602 g/mol. The number of hydrogen-bond acceptors (Lipinski definition) is 7. The Hall–Kier alpha value is -1.000. The van der Waals surface area contributed by atoms with E-state index in [9.17, 15) is 0 Å². The largest absolute Gasteiger partial charge is 0.489 e. The molecule has 0 amide bonds. The van der Waals surface area contributed by atoms with Crippen LogP contribution in [-0.4, -0.2) is 22.0 Å². The van der Waals surface area contributed by atoms with Gasteiger partial charge in [0.1, 0.15) is 11.0 Å². The molecule has 0 aliphatic rings. The van der Waals surface area contributed by atoms with Crippen molar-refractivity contribution in [1.29, 1.82) is 0 Å². The molecule has 0 aliphatic carbocycles. The summed E-state index contributed by atoms with van der Waals surface area (Å²) in [7, 11) is 0. The molecule has 0 saturated heterocycles. The third kappa shape index (κ3) is 5.00. The molecule has 31 heavy (non-hydrogen) atoms. The average Bonchev–Trinajstić information content (AvgIpc) is 3.49. The van der Waals surface area contributed by atoms with E-state index in [2.05, 4.69) is 70.0 Å². The van der Waals surface area contributed by atoms with Crippen molar-refractivity contribution in [1.82, 2.24) is 8.75 Å². The molecular weight excluding hydrogens is 580 g/mol. The van der Waals surface area contributed by atoms with Crippen LogP contribution in [0, 0.1) is 0 Å². The molecule has 0 radical (unpaired) electrons. The van der Waals surface area contributed by atoms with Crippen LogP contribution in [-0.2, 0) is 0 Å². The van der Waals surface area contributed by atoms with Crippen molar-refractivity contribution in [2.24, 2.45) is 0 Å². The first kappa shape index (κ1) is 23.2. The van der Waals surface area contributed by atoms with Gasteiger partial charge in [-0.25, -0.2) is 0 Å². The van der Waals surface area contributed by atoms with E-state index in [1.54, 1.807) is 22.7 Å². The monoisotopic (exact) mass is 600 g/mol. The molecule has 3 aromatic heterocycles. The molecule has 164 valence electrons. The highest BCUT2D eigenvalue weighted by atomic mass is 79.9. The van der Waals surface area contributed by atoms with Gasteiger partial charge in [0, 0.05) is 9.75 Å². The quantitative estimate of drug-likeness (QED) is 0.170. The number of ether oxygens (including phenoxy) is 2. The van der Waals surface area contributed by atoms with Crippen LogP contribution in [0.15, 0.2) is 31.8 Å². The Bertz CT molecular complexity index is 1080. The van der Waals surface area contributed by atoms with E-state index in [-0.39, 0.29) is 0 Å². The lowest BCUT2D eigenvalue weighted by Crippen LogP contribution is -2.05. The van der Waals surface area contributed by atoms with Crippen LogP contribution < -0.4 is 9.47 Å². The minimum Gasteiger partial charge on any atom is -0.489 e. The van der Waals surface area contributed by atoms with E-state index in [1.807, 2.05) is 0 Å². The zero-order valence-electron chi connectivity index (χ0n) is 17.2. The summed E-state index contributed by atoms with van der Waals surface area (Å²) < 4.78 is 24.4. The third-order valence-electron chi connectivity index (χ3n) is 4.75. The van der Waals surface area contributed by atoms with Crippen molar-refractivity contribution >= 4 is 77.3 Å². The van der Waals surface area contributed by atoms with E-state index in [0.717, 1.165) is 76.7 Å². The molecule has 0 fully saturated rings. The van der Waals surface area contributed by atoms with Crippen molar-refractivity contribution in [3.8, 4) is 32.4 Å². The highest BCUT2D eigenvalue weighted by molar-refractivity contribution is 9.11. The van der Waals surface area contributed by atoms with Gasteiger partial charge in [-0.2, -0.15) is 8.75 Å². The lowest BCUT2D eigenvalue weighted by atomic mass is 10.0. The number of nitrogens with zero attached hydrogens (tertiary/aromatic N) is 2. The zero-order chi connectivity index (χ0) is 21.8. The first-order valence-corrected chi connectivity index (χ1v) is 14.2. The Labute approximate surface area is 211 Å². The number of hydrogen-bond donors (Lipinski definition) is 0. The van der Waals surface area contributed by atoms with Gasteiger partial charge in [-0.3, -0.25) is 0 Å². The number of aromatic nitrogens is 2. The Morgan fingerprint density at radius 1 is 0.742 bits per heavy atom. The highest BCUT2D eigenvalue weighted by Gasteiger charge is 2.28. The molecule has 0 atom stereocenters. The SMILES string of the molecule is CCCCOc1c(OCCCC)c(-c2ccc(Br)s2)c2nsnc2c1-c1ccc(Br)s1. The number of fused-ring (bicyclic) bond motifs is 1. The van der Waals surface area contributed by atoms with Crippen molar-refractivity contribution in [2.45, 2.75) is 39.5 Å². The fraction of sp³-hybridized carbons (Fsp3) is 0.364. The Kier molecular flexibility index (Phi) is 8.03. The van der Waals surface area contributed by atoms with Crippen molar-refractivity contribution in [2.75, 3.05) is 13.2 Å². The number of rotatable bonds is 10. The van der Waals surface area contributed by atoms with E-state index < -0.39 is 0 Å². The minimum atomic E-state index is 0.636.